The summed E-state index contributed by atoms with van der Waals surface area (Å²) in [5, 5.41) is 5.80. The summed E-state index contributed by atoms with van der Waals surface area (Å²) in [5.41, 5.74) is 4.85. The van der Waals surface area contributed by atoms with Crippen LogP contribution in [0.4, 0.5) is 0 Å². The van der Waals surface area contributed by atoms with Gasteiger partial charge in [0.15, 0.2) is 0 Å². The van der Waals surface area contributed by atoms with E-state index in [1.54, 1.807) is 7.05 Å². The standard InChI is InChI=1S/C9H21N3O/c1-9(2,11-3)8(13)12-7-5-4-6-10/h11H,4-7,10H2,1-3H3,(H,12,13). The summed E-state index contributed by atoms with van der Waals surface area (Å²) in [6.07, 6.45) is 1.91. The quantitative estimate of drug-likeness (QED) is 0.506. The number of rotatable bonds is 6. The fourth-order valence-corrected chi connectivity index (χ4v) is 0.806. The van der Waals surface area contributed by atoms with Crippen molar-refractivity contribution in [2.45, 2.75) is 32.2 Å². The van der Waals surface area contributed by atoms with Gasteiger partial charge in [0.2, 0.25) is 5.91 Å². The Bertz CT molecular complexity index is 157. The molecule has 0 fully saturated rings. The largest absolute Gasteiger partial charge is 0.355 e. The van der Waals surface area contributed by atoms with Gasteiger partial charge in [0, 0.05) is 6.54 Å². The van der Waals surface area contributed by atoms with Gasteiger partial charge >= 0.3 is 0 Å². The first-order chi connectivity index (χ1) is 6.04. The van der Waals surface area contributed by atoms with E-state index in [4.69, 9.17) is 5.73 Å². The maximum absolute atomic E-state index is 11.5. The smallest absolute Gasteiger partial charge is 0.239 e. The van der Waals surface area contributed by atoms with Crippen LogP contribution in [0.2, 0.25) is 0 Å². The summed E-state index contributed by atoms with van der Waals surface area (Å²) in [6.45, 7) is 5.10. The predicted molar refractivity (Wildman–Crippen MR) is 54.4 cm³/mol. The number of carbonyl (C=O) groups excluding carboxylic acids is 1. The van der Waals surface area contributed by atoms with Crippen LogP contribution in [-0.2, 0) is 4.79 Å². The number of hydrogen-bond donors (Lipinski definition) is 3. The van der Waals surface area contributed by atoms with E-state index >= 15 is 0 Å². The minimum absolute atomic E-state index is 0.0343. The summed E-state index contributed by atoms with van der Waals surface area (Å²) in [4.78, 5) is 11.5. The van der Waals surface area contributed by atoms with Crippen molar-refractivity contribution in [3.63, 3.8) is 0 Å². The lowest BCUT2D eigenvalue weighted by Gasteiger charge is -2.22. The van der Waals surface area contributed by atoms with Crippen LogP contribution in [0.3, 0.4) is 0 Å². The Kier molecular flexibility index (Phi) is 5.66. The molecule has 0 atom stereocenters. The summed E-state index contributed by atoms with van der Waals surface area (Å²) in [6, 6.07) is 0. The number of likely N-dealkylation sites (N-methyl/N-ethyl adjacent to an activating group) is 1. The summed E-state index contributed by atoms with van der Waals surface area (Å²) >= 11 is 0. The van der Waals surface area contributed by atoms with Gasteiger partial charge in [0.1, 0.15) is 0 Å². The zero-order valence-electron chi connectivity index (χ0n) is 8.81. The topological polar surface area (TPSA) is 67.2 Å². The Labute approximate surface area is 80.3 Å². The van der Waals surface area contributed by atoms with Crippen LogP contribution in [0.25, 0.3) is 0 Å². The van der Waals surface area contributed by atoms with Gasteiger partial charge in [-0.05, 0) is 40.3 Å². The van der Waals surface area contributed by atoms with Crippen molar-refractivity contribution in [1.82, 2.24) is 10.6 Å². The number of carbonyl (C=O) groups is 1. The van der Waals surface area contributed by atoms with Gasteiger partial charge in [-0.2, -0.15) is 0 Å². The number of nitrogens with one attached hydrogen (secondary N) is 2. The molecule has 0 aromatic heterocycles. The van der Waals surface area contributed by atoms with Crippen molar-refractivity contribution in [3.05, 3.63) is 0 Å². The van der Waals surface area contributed by atoms with E-state index in [0.29, 0.717) is 13.1 Å². The van der Waals surface area contributed by atoms with Gasteiger partial charge in [-0.15, -0.1) is 0 Å². The van der Waals surface area contributed by atoms with Crippen LogP contribution in [0, 0.1) is 0 Å². The highest BCUT2D eigenvalue weighted by Crippen LogP contribution is 1.99. The number of hydrogen-bond acceptors (Lipinski definition) is 3. The van der Waals surface area contributed by atoms with Crippen molar-refractivity contribution >= 4 is 5.91 Å². The normalized spacial score (nSPS) is 11.4. The first kappa shape index (κ1) is 12.4. The molecule has 13 heavy (non-hydrogen) atoms. The second-order valence-electron chi connectivity index (χ2n) is 3.63. The molecule has 78 valence electrons. The number of amides is 1. The maximum Gasteiger partial charge on any atom is 0.239 e. The highest BCUT2D eigenvalue weighted by atomic mass is 16.2. The summed E-state index contributed by atoms with van der Waals surface area (Å²) < 4.78 is 0. The number of unbranched alkanes of at least 4 members (excludes halogenated alkanes) is 1. The molecule has 0 aliphatic heterocycles. The lowest BCUT2D eigenvalue weighted by Crippen LogP contribution is -2.51. The SMILES string of the molecule is CNC(C)(C)C(=O)NCCCCN. The van der Waals surface area contributed by atoms with E-state index in [0.717, 1.165) is 12.8 Å². The Hall–Kier alpha value is -0.610. The highest BCUT2D eigenvalue weighted by molar-refractivity contribution is 5.85. The highest BCUT2D eigenvalue weighted by Gasteiger charge is 2.24. The van der Waals surface area contributed by atoms with E-state index in [1.807, 2.05) is 13.8 Å². The molecule has 0 heterocycles. The monoisotopic (exact) mass is 187 g/mol. The molecule has 1 amide bonds. The van der Waals surface area contributed by atoms with Crippen molar-refractivity contribution < 1.29 is 4.79 Å². The molecule has 0 aliphatic rings. The van der Waals surface area contributed by atoms with Gasteiger partial charge in [0.25, 0.3) is 0 Å². The zero-order valence-corrected chi connectivity index (χ0v) is 8.81. The maximum atomic E-state index is 11.5. The average Bonchev–Trinajstić information content (AvgIpc) is 2.12. The van der Waals surface area contributed by atoms with Crippen molar-refractivity contribution in [1.29, 1.82) is 0 Å². The summed E-state index contributed by atoms with van der Waals surface area (Å²) in [7, 11) is 1.78. The fraction of sp³-hybridized carbons (Fsp3) is 0.889. The molecule has 0 spiro atoms. The van der Waals surface area contributed by atoms with Crippen LogP contribution < -0.4 is 16.4 Å². The zero-order chi connectivity index (χ0) is 10.3. The van der Waals surface area contributed by atoms with Gasteiger partial charge in [-0.3, -0.25) is 4.79 Å². The van der Waals surface area contributed by atoms with E-state index in [-0.39, 0.29) is 5.91 Å². The molecule has 0 bridgehead atoms. The molecular weight excluding hydrogens is 166 g/mol. The molecule has 0 rings (SSSR count). The molecule has 0 unspecified atom stereocenters. The van der Waals surface area contributed by atoms with E-state index in [2.05, 4.69) is 10.6 Å². The van der Waals surface area contributed by atoms with Crippen molar-refractivity contribution in [2.75, 3.05) is 20.1 Å². The van der Waals surface area contributed by atoms with E-state index < -0.39 is 5.54 Å². The van der Waals surface area contributed by atoms with Crippen LogP contribution >= 0.6 is 0 Å². The molecule has 4 nitrogen and oxygen atoms in total. The molecule has 0 aliphatic carbocycles. The lowest BCUT2D eigenvalue weighted by molar-refractivity contribution is -0.126. The third kappa shape index (κ3) is 4.85. The average molecular weight is 187 g/mol. The van der Waals surface area contributed by atoms with Crippen LogP contribution in [0.1, 0.15) is 26.7 Å². The Morgan fingerprint density at radius 2 is 2.00 bits per heavy atom. The summed E-state index contributed by atoms with van der Waals surface area (Å²) in [5.74, 6) is 0.0343. The molecule has 0 radical (unpaired) electrons. The number of nitrogens with two attached hydrogens (primary N) is 1. The molecule has 0 saturated carbocycles. The fourth-order valence-electron chi connectivity index (χ4n) is 0.806. The van der Waals surface area contributed by atoms with Gasteiger partial charge < -0.3 is 16.4 Å². The van der Waals surface area contributed by atoms with Gasteiger partial charge in [-0.1, -0.05) is 0 Å². The molecular formula is C9H21N3O. The van der Waals surface area contributed by atoms with Gasteiger partial charge in [0.05, 0.1) is 5.54 Å². The minimum atomic E-state index is -0.483. The van der Waals surface area contributed by atoms with Crippen LogP contribution in [-0.4, -0.2) is 31.6 Å². The van der Waals surface area contributed by atoms with Gasteiger partial charge in [-0.25, -0.2) is 0 Å². The molecule has 0 aromatic carbocycles. The van der Waals surface area contributed by atoms with Crippen molar-refractivity contribution in [2.24, 2.45) is 5.73 Å². The second kappa shape index (κ2) is 5.94. The first-order valence-electron chi connectivity index (χ1n) is 4.72. The predicted octanol–water partition coefficient (Wildman–Crippen LogP) is -0.160. The Balaban J connectivity index is 3.62. The third-order valence-corrected chi connectivity index (χ3v) is 2.11. The first-order valence-corrected chi connectivity index (χ1v) is 4.72. The van der Waals surface area contributed by atoms with E-state index in [9.17, 15) is 4.79 Å². The van der Waals surface area contributed by atoms with Crippen LogP contribution in [0.5, 0.6) is 0 Å². The Morgan fingerprint density at radius 3 is 2.46 bits per heavy atom. The molecule has 4 N–H and O–H groups in total. The second-order valence-corrected chi connectivity index (χ2v) is 3.63. The molecule has 4 heteroatoms. The Morgan fingerprint density at radius 1 is 1.38 bits per heavy atom. The lowest BCUT2D eigenvalue weighted by atomic mass is 10.1. The third-order valence-electron chi connectivity index (χ3n) is 2.11. The van der Waals surface area contributed by atoms with E-state index in [1.165, 1.54) is 0 Å². The van der Waals surface area contributed by atoms with Crippen LogP contribution in [0.15, 0.2) is 0 Å². The minimum Gasteiger partial charge on any atom is -0.355 e. The van der Waals surface area contributed by atoms with Crippen molar-refractivity contribution in [3.8, 4) is 0 Å². The molecule has 0 saturated heterocycles. The molecule has 0 aromatic rings.